The second-order valence-corrected chi connectivity index (χ2v) is 6.61. The number of nitrogens with one attached hydrogen (secondary N) is 1. The first-order chi connectivity index (χ1) is 9.15. The van der Waals surface area contributed by atoms with E-state index in [1.807, 2.05) is 13.8 Å². The minimum atomic E-state index is -0.632. The van der Waals surface area contributed by atoms with Crippen molar-refractivity contribution in [2.24, 2.45) is 5.92 Å². The largest absolute Gasteiger partial charge is 0.444 e. The maximum atomic E-state index is 12.3. The molecule has 20 heavy (non-hydrogen) atoms. The summed E-state index contributed by atoms with van der Waals surface area (Å²) in [5, 5.41) is 12.2. The van der Waals surface area contributed by atoms with E-state index in [0.717, 1.165) is 0 Å². The van der Waals surface area contributed by atoms with E-state index in [1.165, 1.54) is 4.90 Å². The summed E-state index contributed by atoms with van der Waals surface area (Å²) in [4.78, 5) is 25.8. The molecule has 2 amide bonds. The third-order valence-electron chi connectivity index (χ3n) is 3.05. The quantitative estimate of drug-likeness (QED) is 0.815. The second-order valence-electron chi connectivity index (χ2n) is 6.61. The van der Waals surface area contributed by atoms with Crippen molar-refractivity contribution >= 4 is 12.0 Å². The molecule has 1 rings (SSSR count). The summed E-state index contributed by atoms with van der Waals surface area (Å²) in [6.45, 7) is 9.37. The van der Waals surface area contributed by atoms with Gasteiger partial charge in [0, 0.05) is 6.54 Å². The van der Waals surface area contributed by atoms with Gasteiger partial charge in [0.05, 0.1) is 12.6 Å². The monoisotopic (exact) mass is 286 g/mol. The number of ether oxygens (including phenoxy) is 1. The maximum Gasteiger partial charge on any atom is 0.411 e. The van der Waals surface area contributed by atoms with Crippen LogP contribution in [0.5, 0.6) is 0 Å². The molecule has 6 heteroatoms. The highest BCUT2D eigenvalue weighted by Gasteiger charge is 2.41. The Bertz CT molecular complexity index is 363. The first kappa shape index (κ1) is 16.8. The number of rotatable bonds is 3. The van der Waals surface area contributed by atoms with E-state index in [1.54, 1.807) is 20.8 Å². The minimum Gasteiger partial charge on any atom is -0.444 e. The summed E-state index contributed by atoms with van der Waals surface area (Å²) in [7, 11) is 0. The van der Waals surface area contributed by atoms with Crippen LogP contribution in [0, 0.1) is 5.92 Å². The fraction of sp³-hybridized carbons (Fsp3) is 0.857. The van der Waals surface area contributed by atoms with Gasteiger partial charge < -0.3 is 15.2 Å². The van der Waals surface area contributed by atoms with Crippen molar-refractivity contribution in [3.8, 4) is 0 Å². The average molecular weight is 286 g/mol. The molecule has 1 aliphatic rings. The molecule has 2 N–H and O–H groups in total. The molecular weight excluding hydrogens is 260 g/mol. The molecule has 0 radical (unpaired) electrons. The Morgan fingerprint density at radius 3 is 2.55 bits per heavy atom. The van der Waals surface area contributed by atoms with E-state index < -0.39 is 23.8 Å². The number of aliphatic hydroxyl groups is 1. The van der Waals surface area contributed by atoms with Crippen LogP contribution >= 0.6 is 0 Å². The summed E-state index contributed by atoms with van der Waals surface area (Å²) in [5.41, 5.74) is -0.632. The zero-order valence-corrected chi connectivity index (χ0v) is 13.0. The van der Waals surface area contributed by atoms with E-state index in [9.17, 15) is 14.7 Å². The molecule has 1 fully saturated rings. The number of hydrogen-bond acceptors (Lipinski definition) is 4. The zero-order chi connectivity index (χ0) is 15.5. The summed E-state index contributed by atoms with van der Waals surface area (Å²) in [6.07, 6.45) is -0.00117. The Morgan fingerprint density at radius 2 is 2.10 bits per heavy atom. The number of hydrogen-bond donors (Lipinski definition) is 2. The first-order valence-corrected chi connectivity index (χ1v) is 7.05. The minimum absolute atomic E-state index is 0.186. The van der Waals surface area contributed by atoms with Gasteiger partial charge >= 0.3 is 6.09 Å². The number of carbonyl (C=O) groups excluding carboxylic acids is 2. The van der Waals surface area contributed by atoms with Crippen molar-refractivity contribution in [3.05, 3.63) is 0 Å². The van der Waals surface area contributed by atoms with Gasteiger partial charge in [-0.1, -0.05) is 13.8 Å². The predicted molar refractivity (Wildman–Crippen MR) is 75.2 cm³/mol. The summed E-state index contributed by atoms with van der Waals surface area (Å²) >= 11 is 0. The third kappa shape index (κ3) is 4.37. The van der Waals surface area contributed by atoms with Crippen LogP contribution in [0.4, 0.5) is 4.79 Å². The normalized spacial score (nSPS) is 23.8. The van der Waals surface area contributed by atoms with E-state index in [0.29, 0.717) is 6.42 Å². The molecule has 2 atom stereocenters. The molecule has 116 valence electrons. The Kier molecular flexibility index (Phi) is 5.39. The fourth-order valence-electron chi connectivity index (χ4n) is 2.23. The highest BCUT2D eigenvalue weighted by atomic mass is 16.6. The Morgan fingerprint density at radius 1 is 1.50 bits per heavy atom. The van der Waals surface area contributed by atoms with E-state index in [4.69, 9.17) is 4.74 Å². The Hall–Kier alpha value is -1.30. The van der Waals surface area contributed by atoms with Crippen molar-refractivity contribution in [2.45, 2.75) is 58.7 Å². The third-order valence-corrected chi connectivity index (χ3v) is 3.05. The molecule has 1 saturated heterocycles. The van der Waals surface area contributed by atoms with Crippen molar-refractivity contribution in [1.29, 1.82) is 0 Å². The molecule has 0 spiro atoms. The number of piperazine rings is 1. The molecule has 0 saturated carbocycles. The van der Waals surface area contributed by atoms with Gasteiger partial charge in [-0.15, -0.1) is 0 Å². The van der Waals surface area contributed by atoms with Crippen LogP contribution in [0.25, 0.3) is 0 Å². The molecular formula is C14H26N2O4. The second kappa shape index (κ2) is 6.43. The van der Waals surface area contributed by atoms with Crippen molar-refractivity contribution in [2.75, 3.05) is 13.2 Å². The number of carbonyl (C=O) groups is 2. The molecule has 0 unspecified atom stereocenters. The first-order valence-electron chi connectivity index (χ1n) is 7.05. The summed E-state index contributed by atoms with van der Waals surface area (Å²) in [6, 6.07) is -1.03. The number of amides is 2. The Labute approximate surface area is 120 Å². The van der Waals surface area contributed by atoms with Crippen molar-refractivity contribution < 1.29 is 19.4 Å². The lowest BCUT2D eigenvalue weighted by atomic mass is 9.98. The van der Waals surface area contributed by atoms with Gasteiger partial charge in [-0.05, 0) is 33.1 Å². The standard InChI is InChI=1S/C14H26N2O4/c1-9(2)6-11-12(18)15-7-10(8-17)16(11)13(19)20-14(3,4)5/h9-11,17H,6-8H2,1-5H3,(H,15,18)/t10-,11+/m1/s1. The summed E-state index contributed by atoms with van der Waals surface area (Å²) in [5.74, 6) is 0.0717. The summed E-state index contributed by atoms with van der Waals surface area (Å²) < 4.78 is 5.37. The van der Waals surface area contributed by atoms with E-state index >= 15 is 0 Å². The van der Waals surface area contributed by atoms with Gasteiger partial charge in [0.25, 0.3) is 0 Å². The van der Waals surface area contributed by atoms with Gasteiger partial charge in [0.15, 0.2) is 0 Å². The smallest absolute Gasteiger partial charge is 0.411 e. The molecule has 0 aromatic rings. The van der Waals surface area contributed by atoms with Gasteiger partial charge in [0.2, 0.25) is 5.91 Å². The molecule has 0 aromatic carbocycles. The van der Waals surface area contributed by atoms with Gasteiger partial charge in [0.1, 0.15) is 11.6 Å². The fourth-order valence-corrected chi connectivity index (χ4v) is 2.23. The average Bonchev–Trinajstić information content (AvgIpc) is 2.28. The SMILES string of the molecule is CC(C)C[C@H]1C(=O)NC[C@H](CO)N1C(=O)OC(C)(C)C. The van der Waals surface area contributed by atoms with E-state index in [-0.39, 0.29) is 25.0 Å². The van der Waals surface area contributed by atoms with Crippen LogP contribution in [-0.2, 0) is 9.53 Å². The van der Waals surface area contributed by atoms with E-state index in [2.05, 4.69) is 5.32 Å². The van der Waals surface area contributed by atoms with Crippen LogP contribution in [0.15, 0.2) is 0 Å². The highest BCUT2D eigenvalue weighted by Crippen LogP contribution is 2.21. The van der Waals surface area contributed by atoms with Crippen molar-refractivity contribution in [1.82, 2.24) is 10.2 Å². The van der Waals surface area contributed by atoms with Gasteiger partial charge in [-0.25, -0.2) is 4.79 Å². The molecule has 0 aliphatic carbocycles. The molecule has 0 aromatic heterocycles. The number of aliphatic hydroxyl groups excluding tert-OH is 1. The lowest BCUT2D eigenvalue weighted by molar-refractivity contribution is -0.132. The molecule has 0 bridgehead atoms. The van der Waals surface area contributed by atoms with Crippen LogP contribution in [0.1, 0.15) is 41.0 Å². The zero-order valence-electron chi connectivity index (χ0n) is 13.0. The topological polar surface area (TPSA) is 78.9 Å². The molecule has 1 aliphatic heterocycles. The number of nitrogens with zero attached hydrogens (tertiary/aromatic N) is 1. The van der Waals surface area contributed by atoms with Crippen LogP contribution in [0.2, 0.25) is 0 Å². The molecule has 1 heterocycles. The van der Waals surface area contributed by atoms with Crippen LogP contribution < -0.4 is 5.32 Å². The predicted octanol–water partition coefficient (Wildman–Crippen LogP) is 1.13. The van der Waals surface area contributed by atoms with Crippen LogP contribution in [-0.4, -0.2) is 52.8 Å². The lowest BCUT2D eigenvalue weighted by Crippen LogP contribution is -2.64. The maximum absolute atomic E-state index is 12.3. The highest BCUT2D eigenvalue weighted by molar-refractivity contribution is 5.87. The Balaban J connectivity index is 2.96. The lowest BCUT2D eigenvalue weighted by Gasteiger charge is -2.41. The van der Waals surface area contributed by atoms with Gasteiger partial charge in [-0.2, -0.15) is 0 Å². The van der Waals surface area contributed by atoms with Crippen molar-refractivity contribution in [3.63, 3.8) is 0 Å². The van der Waals surface area contributed by atoms with Crippen LogP contribution in [0.3, 0.4) is 0 Å². The molecule has 6 nitrogen and oxygen atoms in total. The van der Waals surface area contributed by atoms with Gasteiger partial charge in [-0.3, -0.25) is 9.69 Å².